The summed E-state index contributed by atoms with van der Waals surface area (Å²) in [5.74, 6) is 0.621. The van der Waals surface area contributed by atoms with Crippen molar-refractivity contribution in [3.05, 3.63) is 28.8 Å². The fraction of sp³-hybridized carbons (Fsp3) is 0.533. The summed E-state index contributed by atoms with van der Waals surface area (Å²) in [5, 5.41) is 13.0. The van der Waals surface area contributed by atoms with E-state index >= 15 is 0 Å². The first-order chi connectivity index (χ1) is 8.32. The third kappa shape index (κ3) is 1.87. The van der Waals surface area contributed by atoms with Crippen molar-refractivity contribution in [3.63, 3.8) is 0 Å². The van der Waals surface area contributed by atoms with Crippen molar-refractivity contribution in [1.82, 2.24) is 0 Å². The quantitative estimate of drug-likeness (QED) is 0.881. The van der Waals surface area contributed by atoms with Crippen molar-refractivity contribution in [1.29, 1.82) is 5.26 Å². The lowest BCUT2D eigenvalue weighted by Crippen LogP contribution is -2.09. The topological polar surface area (TPSA) is 35.8 Å². The Morgan fingerprint density at radius 2 is 1.89 bits per heavy atom. The molecule has 0 amide bonds. The Bertz CT molecular complexity index is 498. The summed E-state index contributed by atoms with van der Waals surface area (Å²) < 4.78 is 0. The van der Waals surface area contributed by atoms with Crippen LogP contribution in [0.3, 0.4) is 0 Å². The van der Waals surface area contributed by atoms with Crippen LogP contribution in [0.2, 0.25) is 5.02 Å². The predicted octanol–water partition coefficient (Wildman–Crippen LogP) is 4.31. The SMILES string of the molecule is CC1(C)C(CNc2cccc(Cl)c2C#N)C1(C)C. The number of nitrogens with zero attached hydrogens (tertiary/aromatic N) is 1. The number of anilines is 1. The van der Waals surface area contributed by atoms with Gasteiger partial charge in [-0.25, -0.2) is 0 Å². The van der Waals surface area contributed by atoms with E-state index in [2.05, 4.69) is 39.1 Å². The molecule has 1 aromatic carbocycles. The van der Waals surface area contributed by atoms with Gasteiger partial charge in [-0.2, -0.15) is 5.26 Å². The number of rotatable bonds is 3. The van der Waals surface area contributed by atoms with Crippen molar-refractivity contribution in [3.8, 4) is 6.07 Å². The first kappa shape index (κ1) is 13.2. The standard InChI is InChI=1S/C15H19ClN2/c1-14(2)13(15(14,3)4)9-18-12-7-5-6-11(16)10(12)8-17/h5-7,13,18H,9H2,1-4H3. The van der Waals surface area contributed by atoms with Crippen LogP contribution in [-0.4, -0.2) is 6.54 Å². The van der Waals surface area contributed by atoms with E-state index in [4.69, 9.17) is 16.9 Å². The van der Waals surface area contributed by atoms with Gasteiger partial charge in [-0.3, -0.25) is 0 Å². The highest BCUT2D eigenvalue weighted by molar-refractivity contribution is 6.32. The number of benzene rings is 1. The van der Waals surface area contributed by atoms with E-state index in [0.29, 0.717) is 27.3 Å². The van der Waals surface area contributed by atoms with Crippen LogP contribution in [0.4, 0.5) is 5.69 Å². The number of halogens is 1. The van der Waals surface area contributed by atoms with Crippen LogP contribution in [-0.2, 0) is 0 Å². The molecule has 0 spiro atoms. The van der Waals surface area contributed by atoms with E-state index in [-0.39, 0.29) is 0 Å². The number of nitrogens with one attached hydrogen (secondary N) is 1. The molecule has 1 aromatic rings. The van der Waals surface area contributed by atoms with Crippen molar-refractivity contribution in [2.75, 3.05) is 11.9 Å². The molecule has 1 aliphatic carbocycles. The number of hydrogen-bond acceptors (Lipinski definition) is 2. The van der Waals surface area contributed by atoms with E-state index in [1.54, 1.807) is 6.07 Å². The minimum absolute atomic E-state index is 0.353. The van der Waals surface area contributed by atoms with Crippen LogP contribution in [0.25, 0.3) is 0 Å². The molecular formula is C15H19ClN2. The maximum Gasteiger partial charge on any atom is 0.103 e. The van der Waals surface area contributed by atoms with Gasteiger partial charge in [0.25, 0.3) is 0 Å². The molecule has 0 unspecified atom stereocenters. The molecule has 2 rings (SSSR count). The van der Waals surface area contributed by atoms with Crippen molar-refractivity contribution in [2.24, 2.45) is 16.7 Å². The summed E-state index contributed by atoms with van der Waals surface area (Å²) in [6, 6.07) is 7.68. The molecule has 1 aliphatic rings. The van der Waals surface area contributed by atoms with Gasteiger partial charge in [-0.05, 0) is 28.9 Å². The summed E-state index contributed by atoms with van der Waals surface area (Å²) >= 11 is 6.01. The molecule has 1 saturated carbocycles. The predicted molar refractivity (Wildman–Crippen MR) is 75.7 cm³/mol. The molecular weight excluding hydrogens is 244 g/mol. The highest BCUT2D eigenvalue weighted by atomic mass is 35.5. The molecule has 1 fully saturated rings. The van der Waals surface area contributed by atoms with E-state index in [1.807, 2.05) is 12.1 Å². The smallest absolute Gasteiger partial charge is 0.103 e. The third-order valence-corrected chi connectivity index (χ3v) is 5.26. The molecule has 0 bridgehead atoms. The highest BCUT2D eigenvalue weighted by Gasteiger charge is 2.64. The van der Waals surface area contributed by atoms with Crippen LogP contribution in [0.15, 0.2) is 18.2 Å². The number of nitriles is 1. The van der Waals surface area contributed by atoms with Crippen LogP contribution < -0.4 is 5.32 Å². The zero-order valence-corrected chi connectivity index (χ0v) is 12.1. The van der Waals surface area contributed by atoms with E-state index < -0.39 is 0 Å². The first-order valence-electron chi connectivity index (χ1n) is 6.25. The second kappa shape index (κ2) is 4.17. The summed E-state index contributed by atoms with van der Waals surface area (Å²) in [7, 11) is 0. The molecule has 1 N–H and O–H groups in total. The van der Waals surface area contributed by atoms with Crippen LogP contribution >= 0.6 is 11.6 Å². The Morgan fingerprint density at radius 1 is 1.28 bits per heavy atom. The molecule has 0 heterocycles. The summed E-state index contributed by atoms with van der Waals surface area (Å²) in [4.78, 5) is 0. The average molecular weight is 263 g/mol. The maximum absolute atomic E-state index is 9.11. The normalized spacial score (nSPS) is 20.2. The van der Waals surface area contributed by atoms with Gasteiger partial charge in [-0.1, -0.05) is 45.4 Å². The van der Waals surface area contributed by atoms with Gasteiger partial charge in [0.05, 0.1) is 16.3 Å². The Hall–Kier alpha value is -1.20. The second-order valence-corrected chi connectivity index (χ2v) is 6.56. The molecule has 3 heteroatoms. The minimum Gasteiger partial charge on any atom is -0.384 e. The second-order valence-electron chi connectivity index (χ2n) is 6.15. The van der Waals surface area contributed by atoms with Gasteiger partial charge in [0.2, 0.25) is 0 Å². The fourth-order valence-corrected chi connectivity index (χ4v) is 3.06. The molecule has 0 radical (unpaired) electrons. The molecule has 0 saturated heterocycles. The Morgan fingerprint density at radius 3 is 2.39 bits per heavy atom. The van der Waals surface area contributed by atoms with Gasteiger partial charge in [0.1, 0.15) is 6.07 Å². The lowest BCUT2D eigenvalue weighted by Gasteiger charge is -2.10. The van der Waals surface area contributed by atoms with E-state index in [9.17, 15) is 0 Å². The molecule has 0 aliphatic heterocycles. The minimum atomic E-state index is 0.353. The molecule has 96 valence electrons. The van der Waals surface area contributed by atoms with Gasteiger partial charge < -0.3 is 5.32 Å². The monoisotopic (exact) mass is 262 g/mol. The third-order valence-electron chi connectivity index (χ3n) is 4.94. The van der Waals surface area contributed by atoms with Crippen LogP contribution in [0, 0.1) is 28.1 Å². The molecule has 18 heavy (non-hydrogen) atoms. The van der Waals surface area contributed by atoms with Crippen LogP contribution in [0.5, 0.6) is 0 Å². The van der Waals surface area contributed by atoms with Crippen molar-refractivity contribution >= 4 is 17.3 Å². The average Bonchev–Trinajstić information content (AvgIpc) is 2.67. The van der Waals surface area contributed by atoms with Gasteiger partial charge in [0.15, 0.2) is 0 Å². The van der Waals surface area contributed by atoms with Gasteiger partial charge in [0, 0.05) is 6.54 Å². The van der Waals surface area contributed by atoms with Gasteiger partial charge >= 0.3 is 0 Å². The summed E-state index contributed by atoms with van der Waals surface area (Å²) in [5.41, 5.74) is 2.08. The zero-order chi connectivity index (χ0) is 13.6. The van der Waals surface area contributed by atoms with Crippen molar-refractivity contribution in [2.45, 2.75) is 27.7 Å². The molecule has 0 atom stereocenters. The fourth-order valence-electron chi connectivity index (χ4n) is 2.84. The maximum atomic E-state index is 9.11. The lowest BCUT2D eigenvalue weighted by molar-refractivity contribution is 0.457. The lowest BCUT2D eigenvalue weighted by atomic mass is 10.0. The highest BCUT2D eigenvalue weighted by Crippen LogP contribution is 2.68. The van der Waals surface area contributed by atoms with Gasteiger partial charge in [-0.15, -0.1) is 0 Å². The van der Waals surface area contributed by atoms with Crippen LogP contribution in [0.1, 0.15) is 33.3 Å². The zero-order valence-electron chi connectivity index (χ0n) is 11.3. The summed E-state index contributed by atoms with van der Waals surface area (Å²) in [6.45, 7) is 10.1. The van der Waals surface area contributed by atoms with E-state index in [1.165, 1.54) is 0 Å². The first-order valence-corrected chi connectivity index (χ1v) is 6.62. The number of hydrogen-bond donors (Lipinski definition) is 1. The van der Waals surface area contributed by atoms with E-state index in [0.717, 1.165) is 12.2 Å². The largest absolute Gasteiger partial charge is 0.384 e. The van der Waals surface area contributed by atoms with Crippen molar-refractivity contribution < 1.29 is 0 Å². The Kier molecular flexibility index (Phi) is 3.07. The Labute approximate surface area is 114 Å². The summed E-state index contributed by atoms with van der Waals surface area (Å²) in [6.07, 6.45) is 0. The molecule has 2 nitrogen and oxygen atoms in total. The Balaban J connectivity index is 2.10. The molecule has 0 aromatic heterocycles.